The van der Waals surface area contributed by atoms with Crippen molar-refractivity contribution >= 4 is 29.2 Å². The molecule has 0 radical (unpaired) electrons. The molecule has 4 amide bonds. The molecule has 3 aliphatic rings. The molecule has 2 aromatic rings. The van der Waals surface area contributed by atoms with Crippen molar-refractivity contribution in [3.05, 3.63) is 47.8 Å². The maximum atomic E-state index is 13.1. The first-order chi connectivity index (χ1) is 16.3. The Bertz CT molecular complexity index is 1100. The molecule has 10 nitrogen and oxygen atoms in total. The molecule has 4 N–H and O–H groups in total. The van der Waals surface area contributed by atoms with Gasteiger partial charge in [0.05, 0.1) is 24.0 Å². The molecule has 2 aliphatic heterocycles. The fraction of sp³-hybridized carbons (Fsp3) is 0.458. The number of nitrogens with zero attached hydrogens (tertiary/aromatic N) is 3. The number of urea groups is 1. The average molecular weight is 467 g/mol. The molecule has 0 spiro atoms. The second-order valence-corrected chi connectivity index (χ2v) is 9.57. The van der Waals surface area contributed by atoms with E-state index in [2.05, 4.69) is 16.1 Å². The van der Waals surface area contributed by atoms with Crippen LogP contribution in [0.5, 0.6) is 0 Å². The van der Waals surface area contributed by atoms with Crippen molar-refractivity contribution in [1.29, 1.82) is 0 Å². The van der Waals surface area contributed by atoms with Crippen molar-refractivity contribution in [1.82, 2.24) is 14.5 Å². The van der Waals surface area contributed by atoms with Gasteiger partial charge in [-0.3, -0.25) is 14.3 Å². The average Bonchev–Trinajstić information content (AvgIpc) is 3.58. The topological polar surface area (TPSA) is 119 Å². The van der Waals surface area contributed by atoms with Crippen LogP contribution >= 0.6 is 0 Å². The number of carbonyl (C=O) groups is 3. The number of carbonyl (C=O) groups excluding carboxylic acids is 3. The highest BCUT2D eigenvalue weighted by molar-refractivity contribution is 6.01. The molecule has 1 aromatic heterocycles. The van der Waals surface area contributed by atoms with E-state index in [0.717, 1.165) is 18.4 Å². The number of fused-ring (bicyclic) bond motifs is 1. The lowest BCUT2D eigenvalue weighted by molar-refractivity contribution is -0.137. The number of aryl methyl sites for hydroxylation is 1. The van der Waals surface area contributed by atoms with Gasteiger partial charge in [0.15, 0.2) is 0 Å². The van der Waals surface area contributed by atoms with Crippen molar-refractivity contribution in [3.63, 3.8) is 0 Å². The molecule has 1 saturated heterocycles. The molecular weight excluding hydrogens is 436 g/mol. The number of benzene rings is 1. The number of aromatic nitrogens is 1. The van der Waals surface area contributed by atoms with E-state index in [0.29, 0.717) is 43.0 Å². The summed E-state index contributed by atoms with van der Waals surface area (Å²) in [4.78, 5) is 41.1. The normalized spacial score (nSPS) is 19.3. The maximum Gasteiger partial charge on any atom is 0.323 e. The second kappa shape index (κ2) is 8.68. The van der Waals surface area contributed by atoms with Gasteiger partial charge in [0.2, 0.25) is 5.91 Å². The van der Waals surface area contributed by atoms with Gasteiger partial charge in [-0.25, -0.2) is 4.79 Å². The van der Waals surface area contributed by atoms with E-state index in [-0.39, 0.29) is 30.9 Å². The third-order valence-electron chi connectivity index (χ3n) is 6.74. The molecule has 34 heavy (non-hydrogen) atoms. The van der Waals surface area contributed by atoms with E-state index in [1.807, 2.05) is 36.1 Å². The summed E-state index contributed by atoms with van der Waals surface area (Å²) in [5, 5.41) is 16.6. The van der Waals surface area contributed by atoms with Crippen molar-refractivity contribution < 1.29 is 19.5 Å². The minimum atomic E-state index is -1.03. The summed E-state index contributed by atoms with van der Waals surface area (Å²) in [6.07, 6.45) is 4.48. The van der Waals surface area contributed by atoms with Gasteiger partial charge in [-0.2, -0.15) is 0 Å². The molecule has 10 heteroatoms. The Balaban J connectivity index is 1.17. The van der Waals surface area contributed by atoms with Crippen LogP contribution in [-0.2, 0) is 4.79 Å². The number of hydrogen-bond acceptors (Lipinski definition) is 5. The number of amides is 4. The van der Waals surface area contributed by atoms with E-state index in [1.54, 1.807) is 21.8 Å². The first kappa shape index (κ1) is 22.3. The highest BCUT2D eigenvalue weighted by atomic mass is 16.3. The molecule has 1 aromatic carbocycles. The number of rotatable bonds is 5. The number of likely N-dealkylation sites (tertiary alicyclic amines) is 1. The molecule has 0 atom stereocenters. The van der Waals surface area contributed by atoms with Gasteiger partial charge in [0.1, 0.15) is 12.4 Å². The SMILES string of the molecule is Cc1ccc(NC(=O)Nc2cc3n(c2)NCN(CC2(O)CCN(C(=O)C4CC4)CC2)C3=O)cc1. The smallest absolute Gasteiger partial charge is 0.323 e. The summed E-state index contributed by atoms with van der Waals surface area (Å²) in [6.45, 7) is 3.43. The van der Waals surface area contributed by atoms with Crippen LogP contribution in [0, 0.1) is 12.8 Å². The quantitative estimate of drug-likeness (QED) is 0.539. The van der Waals surface area contributed by atoms with Gasteiger partial charge in [-0.05, 0) is 50.8 Å². The van der Waals surface area contributed by atoms with Crippen LogP contribution < -0.4 is 16.1 Å². The van der Waals surface area contributed by atoms with Crippen LogP contribution in [0.15, 0.2) is 36.5 Å². The highest BCUT2D eigenvalue weighted by Crippen LogP contribution is 2.33. The molecule has 180 valence electrons. The number of aliphatic hydroxyl groups is 1. The summed E-state index contributed by atoms with van der Waals surface area (Å²) in [6, 6.07) is 8.66. The molecule has 5 rings (SSSR count). The second-order valence-electron chi connectivity index (χ2n) is 9.57. The zero-order valence-corrected chi connectivity index (χ0v) is 19.2. The molecule has 1 saturated carbocycles. The monoisotopic (exact) mass is 466 g/mol. The standard InChI is InChI=1S/C24H30N6O4/c1-16-2-6-18(7-3-16)26-23(33)27-19-12-20-22(32)29(15-25-30(20)13-19)14-24(34)8-10-28(11-9-24)21(31)17-4-5-17/h2-3,6-7,12-13,17,25,34H,4-5,8-11,14-15H2,1H3,(H2,26,27,33). The number of β-amino-alcohol motifs (C(OH)–C–C–N with tert-alkyl or cyclic N) is 1. The predicted molar refractivity (Wildman–Crippen MR) is 127 cm³/mol. The molecule has 0 unspecified atom stereocenters. The van der Waals surface area contributed by atoms with Crippen molar-refractivity contribution in [2.24, 2.45) is 5.92 Å². The lowest BCUT2D eigenvalue weighted by Gasteiger charge is -2.42. The number of piperidine rings is 1. The minimum absolute atomic E-state index is 0.175. The van der Waals surface area contributed by atoms with E-state index in [9.17, 15) is 19.5 Å². The zero-order chi connectivity index (χ0) is 23.9. The van der Waals surface area contributed by atoms with Crippen LogP contribution in [0.1, 0.15) is 41.7 Å². The largest absolute Gasteiger partial charge is 0.388 e. The molecule has 0 bridgehead atoms. The van der Waals surface area contributed by atoms with Crippen molar-refractivity contribution in [2.45, 2.75) is 38.2 Å². The van der Waals surface area contributed by atoms with Gasteiger partial charge in [-0.1, -0.05) is 17.7 Å². The Labute approximate surface area is 197 Å². The number of hydrogen-bond donors (Lipinski definition) is 4. The highest BCUT2D eigenvalue weighted by Gasteiger charge is 2.41. The van der Waals surface area contributed by atoms with Crippen molar-refractivity contribution in [2.75, 3.05) is 42.4 Å². The van der Waals surface area contributed by atoms with Gasteiger partial charge in [0.25, 0.3) is 5.91 Å². The molecule has 1 aliphatic carbocycles. The van der Waals surface area contributed by atoms with Crippen LogP contribution in [0.4, 0.5) is 16.2 Å². The molecular formula is C24H30N6O4. The Kier molecular flexibility index (Phi) is 5.68. The predicted octanol–water partition coefficient (Wildman–Crippen LogP) is 2.16. The van der Waals surface area contributed by atoms with Gasteiger partial charge in [-0.15, -0.1) is 0 Å². The van der Waals surface area contributed by atoms with E-state index in [1.165, 1.54) is 0 Å². The van der Waals surface area contributed by atoms with E-state index >= 15 is 0 Å². The Hall–Kier alpha value is -3.53. The van der Waals surface area contributed by atoms with Gasteiger partial charge in [0, 0.05) is 24.7 Å². The summed E-state index contributed by atoms with van der Waals surface area (Å²) in [5.74, 6) is 0.145. The third-order valence-corrected chi connectivity index (χ3v) is 6.74. The van der Waals surface area contributed by atoms with Gasteiger partial charge >= 0.3 is 6.03 Å². The lowest BCUT2D eigenvalue weighted by Crippen LogP contribution is -2.56. The Morgan fingerprint density at radius 2 is 1.79 bits per heavy atom. The van der Waals surface area contributed by atoms with Crippen LogP contribution in [0.25, 0.3) is 0 Å². The summed E-state index contributed by atoms with van der Waals surface area (Å²) in [5.41, 5.74) is 4.73. The van der Waals surface area contributed by atoms with E-state index < -0.39 is 11.6 Å². The minimum Gasteiger partial charge on any atom is -0.388 e. The summed E-state index contributed by atoms with van der Waals surface area (Å²) < 4.78 is 1.58. The molecule has 2 fully saturated rings. The lowest BCUT2D eigenvalue weighted by atomic mass is 9.90. The van der Waals surface area contributed by atoms with Crippen molar-refractivity contribution in [3.8, 4) is 0 Å². The van der Waals surface area contributed by atoms with E-state index in [4.69, 9.17) is 0 Å². The number of nitrogens with one attached hydrogen (secondary N) is 3. The fourth-order valence-corrected chi connectivity index (χ4v) is 4.53. The number of anilines is 2. The summed E-state index contributed by atoms with van der Waals surface area (Å²) in [7, 11) is 0. The maximum absolute atomic E-state index is 13.1. The Morgan fingerprint density at radius 3 is 2.47 bits per heavy atom. The third kappa shape index (κ3) is 4.72. The summed E-state index contributed by atoms with van der Waals surface area (Å²) >= 11 is 0. The first-order valence-electron chi connectivity index (χ1n) is 11.7. The van der Waals surface area contributed by atoms with Crippen LogP contribution in [0.2, 0.25) is 0 Å². The van der Waals surface area contributed by atoms with Crippen LogP contribution in [-0.4, -0.2) is 69.3 Å². The van der Waals surface area contributed by atoms with Gasteiger partial charge < -0.3 is 31.0 Å². The molecule has 3 heterocycles. The fourth-order valence-electron chi connectivity index (χ4n) is 4.53. The zero-order valence-electron chi connectivity index (χ0n) is 19.2. The van der Waals surface area contributed by atoms with Crippen LogP contribution in [0.3, 0.4) is 0 Å². The first-order valence-corrected chi connectivity index (χ1v) is 11.7. The Morgan fingerprint density at radius 1 is 1.12 bits per heavy atom.